The number of fused-ring (bicyclic) bond motifs is 1. The minimum absolute atomic E-state index is 0.0339. The maximum Gasteiger partial charge on any atom is 0.228 e. The Balaban J connectivity index is 1.53. The normalized spacial score (nSPS) is 11.5. The predicted octanol–water partition coefficient (Wildman–Crippen LogP) is 5.50. The van der Waals surface area contributed by atoms with Crippen molar-refractivity contribution in [1.29, 1.82) is 0 Å². The van der Waals surface area contributed by atoms with Crippen LogP contribution in [0.15, 0.2) is 97.1 Å². The van der Waals surface area contributed by atoms with Gasteiger partial charge in [-0.2, -0.15) is 0 Å². The van der Waals surface area contributed by atoms with Crippen LogP contribution in [0.4, 0.5) is 28.7 Å². The van der Waals surface area contributed by atoms with Crippen LogP contribution in [-0.4, -0.2) is 38.9 Å². The topological polar surface area (TPSA) is 129 Å². The van der Waals surface area contributed by atoms with Crippen LogP contribution >= 0.6 is 0 Å². The molecule has 0 radical (unpaired) electrons. The zero-order chi connectivity index (χ0) is 28.8. The van der Waals surface area contributed by atoms with Gasteiger partial charge in [-0.15, -0.1) is 0 Å². The number of para-hydroxylation sites is 2. The van der Waals surface area contributed by atoms with Crippen LogP contribution in [0.3, 0.4) is 0 Å². The van der Waals surface area contributed by atoms with E-state index in [1.807, 2.05) is 36.4 Å². The molecule has 1 aromatic heterocycles. The number of carbonyl (C=O) groups excluding carboxylic acids is 1. The maximum absolute atomic E-state index is 12.7. The Kier molecular flexibility index (Phi) is 8.37. The third-order valence-corrected chi connectivity index (χ3v) is 6.76. The van der Waals surface area contributed by atoms with Crippen LogP contribution < -0.4 is 24.4 Å². The van der Waals surface area contributed by atoms with Crippen molar-refractivity contribution in [1.82, 2.24) is 9.97 Å². The average Bonchev–Trinajstić information content (AvgIpc) is 2.97. The first-order chi connectivity index (χ1) is 19.9. The number of carbonyl (C=O) groups is 1. The molecule has 0 fully saturated rings. The molecule has 0 saturated carbocycles. The summed E-state index contributed by atoms with van der Waals surface area (Å²) in [4.78, 5) is 22.0. The highest BCUT2D eigenvalue weighted by atomic mass is 32.2. The number of ether oxygens (including phenoxy) is 2. The van der Waals surface area contributed by atoms with Gasteiger partial charge in [0.2, 0.25) is 5.91 Å². The van der Waals surface area contributed by atoms with Gasteiger partial charge in [0.1, 0.15) is 11.5 Å². The van der Waals surface area contributed by atoms with Crippen molar-refractivity contribution in [3.8, 4) is 11.5 Å². The molecule has 5 rings (SSSR count). The summed E-state index contributed by atoms with van der Waals surface area (Å²) < 4.78 is 37.2. The molecule has 1 atom stereocenters. The third-order valence-electron chi connectivity index (χ3n) is 6.08. The molecule has 41 heavy (non-hydrogen) atoms. The lowest BCUT2D eigenvalue weighted by atomic mass is 10.1. The van der Waals surface area contributed by atoms with Crippen molar-refractivity contribution < 1.29 is 23.0 Å². The second-order valence-corrected chi connectivity index (χ2v) is 9.68. The Morgan fingerprint density at radius 2 is 1.49 bits per heavy atom. The van der Waals surface area contributed by atoms with Crippen LogP contribution in [0.1, 0.15) is 5.56 Å². The number of hydrogen-bond donors (Lipinski definition) is 2. The van der Waals surface area contributed by atoms with Crippen LogP contribution in [0.2, 0.25) is 0 Å². The van der Waals surface area contributed by atoms with E-state index in [0.29, 0.717) is 33.9 Å². The van der Waals surface area contributed by atoms with E-state index >= 15 is 0 Å². The SMILES string of the molecule is COc1cc(Nc2nc3ccccc3nc2N(c2cccc(NC(=O)Cc3ccccc3)c2)S(=O)[O-])cc(OC)c1. The highest BCUT2D eigenvalue weighted by molar-refractivity contribution is 7.81. The van der Waals surface area contributed by atoms with Gasteiger partial charge in [-0.3, -0.25) is 13.3 Å². The zero-order valence-corrected chi connectivity index (χ0v) is 23.1. The molecule has 1 amide bonds. The Morgan fingerprint density at radius 1 is 0.829 bits per heavy atom. The summed E-state index contributed by atoms with van der Waals surface area (Å²) in [6.07, 6.45) is 0.177. The molecule has 2 N–H and O–H groups in total. The van der Waals surface area contributed by atoms with Crippen molar-refractivity contribution in [2.45, 2.75) is 6.42 Å². The number of anilines is 5. The Labute approximate surface area is 239 Å². The first-order valence-electron chi connectivity index (χ1n) is 12.5. The van der Waals surface area contributed by atoms with Crippen molar-refractivity contribution in [2.24, 2.45) is 0 Å². The van der Waals surface area contributed by atoms with E-state index in [4.69, 9.17) is 9.47 Å². The van der Waals surface area contributed by atoms with Gasteiger partial charge >= 0.3 is 0 Å². The minimum atomic E-state index is -2.80. The predicted molar refractivity (Wildman–Crippen MR) is 159 cm³/mol. The standard InChI is InChI=1S/C30H27N5O5S/c1-39-24-17-22(18-25(19-24)40-2)32-29-30(34-27-14-7-6-13-26(27)33-29)35(41(37)38)23-12-8-11-21(16-23)31-28(36)15-20-9-4-3-5-10-20/h3-14,16-19H,15H2,1-2H3,(H,31,36)(H,32,33)(H,37,38)/p-1. The lowest BCUT2D eigenvalue weighted by Crippen LogP contribution is -2.23. The minimum Gasteiger partial charge on any atom is -0.755 e. The number of aromatic nitrogens is 2. The van der Waals surface area contributed by atoms with E-state index in [9.17, 15) is 13.6 Å². The van der Waals surface area contributed by atoms with Crippen LogP contribution in [0, 0.1) is 0 Å². The molecule has 0 aliphatic rings. The van der Waals surface area contributed by atoms with Crippen molar-refractivity contribution >= 4 is 56.9 Å². The van der Waals surface area contributed by atoms with Gasteiger partial charge in [-0.1, -0.05) is 48.5 Å². The van der Waals surface area contributed by atoms with Gasteiger partial charge in [-0.25, -0.2) is 9.97 Å². The molecule has 11 heteroatoms. The molecule has 5 aromatic rings. The summed E-state index contributed by atoms with van der Waals surface area (Å²) in [5, 5.41) is 6.01. The van der Waals surface area contributed by atoms with Crippen LogP contribution in [0.5, 0.6) is 11.5 Å². The summed E-state index contributed by atoms with van der Waals surface area (Å²) in [5.41, 5.74) is 3.16. The highest BCUT2D eigenvalue weighted by Crippen LogP contribution is 2.36. The number of hydrogen-bond acceptors (Lipinski definition) is 8. The number of nitrogens with zero attached hydrogens (tertiary/aromatic N) is 3. The number of benzene rings is 4. The van der Waals surface area contributed by atoms with Gasteiger partial charge in [0.05, 0.1) is 48.6 Å². The van der Waals surface area contributed by atoms with E-state index < -0.39 is 11.3 Å². The lowest BCUT2D eigenvalue weighted by Gasteiger charge is -2.27. The van der Waals surface area contributed by atoms with E-state index in [2.05, 4.69) is 20.6 Å². The summed E-state index contributed by atoms with van der Waals surface area (Å²) in [5.74, 6) is 1.05. The molecule has 1 heterocycles. The molecule has 0 spiro atoms. The molecule has 1 unspecified atom stereocenters. The van der Waals surface area contributed by atoms with Crippen molar-refractivity contribution in [3.63, 3.8) is 0 Å². The smallest absolute Gasteiger partial charge is 0.228 e. The molecule has 10 nitrogen and oxygen atoms in total. The quantitative estimate of drug-likeness (QED) is 0.211. The second kappa shape index (κ2) is 12.5. The van der Waals surface area contributed by atoms with Gasteiger partial charge < -0.3 is 24.7 Å². The summed E-state index contributed by atoms with van der Waals surface area (Å²) in [7, 11) is 3.07. The molecule has 0 aliphatic carbocycles. The molecule has 0 bridgehead atoms. The first kappa shape index (κ1) is 27.6. The number of nitrogens with one attached hydrogen (secondary N) is 2. The fourth-order valence-electron chi connectivity index (χ4n) is 4.21. The Bertz CT molecular complexity index is 1690. The van der Waals surface area contributed by atoms with Gasteiger partial charge in [0.25, 0.3) is 0 Å². The monoisotopic (exact) mass is 568 g/mol. The van der Waals surface area contributed by atoms with Gasteiger partial charge in [-0.05, 0) is 35.9 Å². The average molecular weight is 569 g/mol. The third kappa shape index (κ3) is 6.60. The second-order valence-electron chi connectivity index (χ2n) is 8.88. The van der Waals surface area contributed by atoms with Crippen LogP contribution in [0.25, 0.3) is 11.0 Å². The summed E-state index contributed by atoms with van der Waals surface area (Å²) in [6.45, 7) is 0. The van der Waals surface area contributed by atoms with Gasteiger partial charge in [0.15, 0.2) is 11.6 Å². The maximum atomic E-state index is 12.7. The molecule has 0 saturated heterocycles. The van der Waals surface area contributed by atoms with Gasteiger partial charge in [0, 0.05) is 29.6 Å². The fraction of sp³-hybridized carbons (Fsp3) is 0.100. The summed E-state index contributed by atoms with van der Waals surface area (Å²) in [6, 6.07) is 28.2. The molecule has 208 valence electrons. The highest BCUT2D eigenvalue weighted by Gasteiger charge is 2.21. The lowest BCUT2D eigenvalue weighted by molar-refractivity contribution is -0.115. The van der Waals surface area contributed by atoms with E-state index in [-0.39, 0.29) is 29.7 Å². The largest absolute Gasteiger partial charge is 0.755 e. The number of rotatable bonds is 10. The molecule has 4 aromatic carbocycles. The first-order valence-corrected chi connectivity index (χ1v) is 13.6. The zero-order valence-electron chi connectivity index (χ0n) is 22.2. The molecular formula is C30H26N5O5S-. The fourth-order valence-corrected chi connectivity index (χ4v) is 4.76. The van der Waals surface area contributed by atoms with Crippen LogP contribution in [-0.2, 0) is 22.5 Å². The molecule has 0 aliphatic heterocycles. The summed E-state index contributed by atoms with van der Waals surface area (Å²) >= 11 is -2.80. The van der Waals surface area contributed by atoms with Crippen molar-refractivity contribution in [3.05, 3.63) is 103 Å². The number of amides is 1. The van der Waals surface area contributed by atoms with E-state index in [0.717, 1.165) is 9.87 Å². The number of methoxy groups -OCH3 is 2. The van der Waals surface area contributed by atoms with E-state index in [1.54, 1.807) is 60.7 Å². The molecular weight excluding hydrogens is 542 g/mol. The Hall–Kier alpha value is -5.00. The van der Waals surface area contributed by atoms with E-state index in [1.165, 1.54) is 14.2 Å². The van der Waals surface area contributed by atoms with Crippen molar-refractivity contribution in [2.75, 3.05) is 29.2 Å². The Morgan fingerprint density at radius 3 is 2.15 bits per heavy atom.